The Bertz CT molecular complexity index is 734. The Morgan fingerprint density at radius 3 is 2.26 bits per heavy atom. The monoisotopic (exact) mass is 432 g/mol. The number of nitrogens with two attached hydrogens (primary N) is 1. The number of hydroxylamine groups is 1. The van der Waals surface area contributed by atoms with Gasteiger partial charge in [-0.25, -0.2) is 5.48 Å². The van der Waals surface area contributed by atoms with E-state index >= 15 is 0 Å². The molecule has 0 saturated carbocycles. The van der Waals surface area contributed by atoms with Gasteiger partial charge in [-0.1, -0.05) is 63.3 Å². The second-order valence-electron chi connectivity index (χ2n) is 8.12. The predicted molar refractivity (Wildman–Crippen MR) is 120 cm³/mol. The Morgan fingerprint density at radius 1 is 1.10 bits per heavy atom. The molecule has 5 N–H and O–H groups in total. The normalized spacial score (nSPS) is 14.2. The van der Waals surface area contributed by atoms with Gasteiger partial charge in [0.25, 0.3) is 5.91 Å². The van der Waals surface area contributed by atoms with Gasteiger partial charge >= 0.3 is 0 Å². The first-order chi connectivity index (χ1) is 14.7. The number of nitrogens with one attached hydrogen (secondary N) is 2. The number of rotatable bonds is 11. The first kappa shape index (κ1) is 26.3. The molecule has 0 unspecified atom stereocenters. The minimum Gasteiger partial charge on any atom is -0.320 e. The van der Waals surface area contributed by atoms with Crippen molar-refractivity contribution in [1.29, 1.82) is 0 Å². The second kappa shape index (κ2) is 13.6. The van der Waals surface area contributed by atoms with Gasteiger partial charge in [-0.05, 0) is 37.7 Å². The van der Waals surface area contributed by atoms with E-state index in [1.165, 1.54) is 5.01 Å². The Balaban J connectivity index is 3.10. The first-order valence-corrected chi connectivity index (χ1v) is 10.7. The lowest BCUT2D eigenvalue weighted by molar-refractivity contribution is -0.147. The fourth-order valence-corrected chi connectivity index (χ4v) is 3.32. The molecule has 172 valence electrons. The van der Waals surface area contributed by atoms with Crippen LogP contribution in [-0.4, -0.2) is 40.5 Å². The summed E-state index contributed by atoms with van der Waals surface area (Å²) in [5.74, 6) is -2.91. The smallest absolute Gasteiger partial charge is 0.257 e. The van der Waals surface area contributed by atoms with Crippen molar-refractivity contribution in [3.8, 4) is 0 Å². The molecule has 0 radical (unpaired) electrons. The topological polar surface area (TPSA) is 125 Å². The molecule has 0 fully saturated rings. The van der Waals surface area contributed by atoms with Crippen LogP contribution in [0.3, 0.4) is 0 Å². The highest BCUT2D eigenvalue weighted by molar-refractivity contribution is 5.89. The molecule has 3 amide bonds. The molecule has 1 aromatic rings. The summed E-state index contributed by atoms with van der Waals surface area (Å²) in [5.41, 5.74) is 11.0. The fourth-order valence-electron chi connectivity index (χ4n) is 3.32. The van der Waals surface area contributed by atoms with Crippen LogP contribution in [0.2, 0.25) is 0 Å². The van der Waals surface area contributed by atoms with Crippen LogP contribution in [-0.2, 0) is 14.4 Å². The molecule has 0 saturated heterocycles. The molecule has 31 heavy (non-hydrogen) atoms. The average Bonchev–Trinajstić information content (AvgIpc) is 2.74. The van der Waals surface area contributed by atoms with Gasteiger partial charge < -0.3 is 5.73 Å². The summed E-state index contributed by atoms with van der Waals surface area (Å²) >= 11 is 0. The Hall–Kier alpha value is -2.71. The van der Waals surface area contributed by atoms with Crippen LogP contribution in [0.5, 0.6) is 0 Å². The molecule has 0 heterocycles. The lowest BCUT2D eigenvalue weighted by Gasteiger charge is -2.30. The standard InChI is InChI=1S/C23H36N4O4/c1-5-14-27(23(30)17(4)24)25-21(28)20(15-16(2)3)19(22(29)26-31)13-9-12-18-10-7-6-8-11-18/h6-12,16-17,19-20,31H,5,13-15,24H2,1-4H3,(H,25,28)(H,26,29)/t17-,19+,20-/m1/s1. The van der Waals surface area contributed by atoms with E-state index < -0.39 is 35.6 Å². The fraction of sp³-hybridized carbons (Fsp3) is 0.522. The molecule has 1 rings (SSSR count). The number of carbonyl (C=O) groups excluding carboxylic acids is 3. The molecule has 3 atom stereocenters. The summed E-state index contributed by atoms with van der Waals surface area (Å²) in [7, 11) is 0. The number of hydrogen-bond acceptors (Lipinski definition) is 5. The number of hydrogen-bond donors (Lipinski definition) is 4. The van der Waals surface area contributed by atoms with Crippen LogP contribution in [0, 0.1) is 17.8 Å². The number of hydrazine groups is 1. The van der Waals surface area contributed by atoms with E-state index in [9.17, 15) is 19.6 Å². The summed E-state index contributed by atoms with van der Waals surface area (Å²) in [6, 6.07) is 8.82. The molecule has 0 aliphatic carbocycles. The largest absolute Gasteiger partial charge is 0.320 e. The van der Waals surface area contributed by atoms with Crippen LogP contribution >= 0.6 is 0 Å². The number of allylic oxidation sites excluding steroid dienone is 1. The van der Waals surface area contributed by atoms with Crippen LogP contribution in [0.15, 0.2) is 36.4 Å². The predicted octanol–water partition coefficient (Wildman–Crippen LogP) is 2.49. The highest BCUT2D eigenvalue weighted by atomic mass is 16.5. The molecule has 8 nitrogen and oxygen atoms in total. The van der Waals surface area contributed by atoms with E-state index in [0.717, 1.165) is 5.56 Å². The average molecular weight is 433 g/mol. The Labute approximate surface area is 184 Å². The zero-order valence-electron chi connectivity index (χ0n) is 18.9. The maximum absolute atomic E-state index is 13.2. The van der Waals surface area contributed by atoms with Crippen molar-refractivity contribution in [1.82, 2.24) is 15.9 Å². The third kappa shape index (κ3) is 8.90. The van der Waals surface area contributed by atoms with Crippen molar-refractivity contribution in [2.24, 2.45) is 23.5 Å². The zero-order valence-corrected chi connectivity index (χ0v) is 18.9. The quantitative estimate of drug-likeness (QED) is 0.316. The molecule has 0 bridgehead atoms. The summed E-state index contributed by atoms with van der Waals surface area (Å²) in [6.45, 7) is 7.65. The van der Waals surface area contributed by atoms with Crippen molar-refractivity contribution in [3.63, 3.8) is 0 Å². The molecular formula is C23H36N4O4. The summed E-state index contributed by atoms with van der Waals surface area (Å²) in [6.07, 6.45) is 4.97. The third-order valence-electron chi connectivity index (χ3n) is 4.84. The number of carbonyl (C=O) groups is 3. The number of benzene rings is 1. The molecule has 0 aliphatic heterocycles. The second-order valence-corrected chi connectivity index (χ2v) is 8.12. The SMILES string of the molecule is CCCN(NC(=O)[C@H](CC(C)C)[C@H](CC=Cc1ccccc1)C(=O)NO)C(=O)[C@@H](C)N. The number of nitrogens with zero attached hydrogens (tertiary/aromatic N) is 1. The lowest BCUT2D eigenvalue weighted by atomic mass is 9.82. The molecule has 1 aromatic carbocycles. The first-order valence-electron chi connectivity index (χ1n) is 10.7. The molecule has 0 aromatic heterocycles. The molecular weight excluding hydrogens is 396 g/mol. The Morgan fingerprint density at radius 2 is 1.74 bits per heavy atom. The van der Waals surface area contributed by atoms with E-state index in [1.54, 1.807) is 12.4 Å². The van der Waals surface area contributed by atoms with Crippen molar-refractivity contribution < 1.29 is 19.6 Å². The highest BCUT2D eigenvalue weighted by Crippen LogP contribution is 2.25. The van der Waals surface area contributed by atoms with Gasteiger partial charge in [-0.2, -0.15) is 0 Å². The van der Waals surface area contributed by atoms with Crippen molar-refractivity contribution >= 4 is 23.8 Å². The van der Waals surface area contributed by atoms with Gasteiger partial charge in [0.1, 0.15) is 0 Å². The zero-order chi connectivity index (χ0) is 23.4. The highest BCUT2D eigenvalue weighted by Gasteiger charge is 2.35. The van der Waals surface area contributed by atoms with Gasteiger partial charge in [0.05, 0.1) is 17.9 Å². The number of amides is 3. The minimum absolute atomic E-state index is 0.117. The lowest BCUT2D eigenvalue weighted by Crippen LogP contribution is -2.54. The van der Waals surface area contributed by atoms with Crippen molar-refractivity contribution in [2.75, 3.05) is 6.54 Å². The van der Waals surface area contributed by atoms with E-state index in [0.29, 0.717) is 19.4 Å². The molecule has 8 heteroatoms. The summed E-state index contributed by atoms with van der Waals surface area (Å²) in [4.78, 5) is 38.0. The van der Waals surface area contributed by atoms with Crippen molar-refractivity contribution in [2.45, 2.75) is 53.0 Å². The summed E-state index contributed by atoms with van der Waals surface area (Å²) in [5, 5.41) is 10.5. The van der Waals surface area contributed by atoms with E-state index in [1.807, 2.05) is 63.3 Å². The third-order valence-corrected chi connectivity index (χ3v) is 4.84. The van der Waals surface area contributed by atoms with Crippen LogP contribution < -0.4 is 16.6 Å². The minimum atomic E-state index is -0.804. The van der Waals surface area contributed by atoms with Crippen LogP contribution in [0.1, 0.15) is 52.5 Å². The van der Waals surface area contributed by atoms with Gasteiger partial charge in [-0.15, -0.1) is 0 Å². The van der Waals surface area contributed by atoms with E-state index in [-0.39, 0.29) is 12.3 Å². The van der Waals surface area contributed by atoms with E-state index in [2.05, 4.69) is 5.43 Å². The molecule has 0 spiro atoms. The van der Waals surface area contributed by atoms with Crippen LogP contribution in [0.4, 0.5) is 0 Å². The van der Waals surface area contributed by atoms with Gasteiger partial charge in [-0.3, -0.25) is 30.0 Å². The Kier molecular flexibility index (Phi) is 11.5. The van der Waals surface area contributed by atoms with E-state index in [4.69, 9.17) is 5.73 Å². The van der Waals surface area contributed by atoms with Crippen molar-refractivity contribution in [3.05, 3.63) is 42.0 Å². The maximum atomic E-state index is 13.2. The maximum Gasteiger partial charge on any atom is 0.257 e. The summed E-state index contributed by atoms with van der Waals surface area (Å²) < 4.78 is 0. The van der Waals surface area contributed by atoms with Crippen LogP contribution in [0.25, 0.3) is 6.08 Å². The van der Waals surface area contributed by atoms with Gasteiger partial charge in [0.2, 0.25) is 11.8 Å². The molecule has 0 aliphatic rings. The van der Waals surface area contributed by atoms with Gasteiger partial charge in [0.15, 0.2) is 0 Å². The van der Waals surface area contributed by atoms with Gasteiger partial charge in [0, 0.05) is 6.54 Å².